The number of benzene rings is 1. The van der Waals surface area contributed by atoms with Crippen molar-refractivity contribution in [2.24, 2.45) is 0 Å². The fraction of sp³-hybridized carbons (Fsp3) is 0.429. The molecule has 0 bridgehead atoms. The van der Waals surface area contributed by atoms with Gasteiger partial charge in [0.25, 0.3) is 10.0 Å². The molecule has 0 N–H and O–H groups in total. The minimum absolute atomic E-state index is 0.0872. The number of nitrogens with zero attached hydrogens (tertiary/aromatic N) is 2. The predicted molar refractivity (Wildman–Crippen MR) is 77.6 cm³/mol. The fourth-order valence-electron chi connectivity index (χ4n) is 2.10. The highest BCUT2D eigenvalue weighted by Crippen LogP contribution is 2.38. The van der Waals surface area contributed by atoms with Crippen molar-refractivity contribution in [3.63, 3.8) is 0 Å². The quantitative estimate of drug-likeness (QED) is 0.733. The van der Waals surface area contributed by atoms with Gasteiger partial charge in [-0.3, -0.25) is 4.31 Å². The van der Waals surface area contributed by atoms with Crippen LogP contribution in [0.1, 0.15) is 26.3 Å². The molecule has 1 heterocycles. The van der Waals surface area contributed by atoms with Crippen LogP contribution in [0.15, 0.2) is 35.5 Å². The van der Waals surface area contributed by atoms with E-state index in [0.717, 1.165) is 5.56 Å². The van der Waals surface area contributed by atoms with Gasteiger partial charge in [-0.1, -0.05) is 33.4 Å². The topological polar surface area (TPSA) is 40.6 Å². The maximum absolute atomic E-state index is 12.5. The number of rotatable bonds is 0. The molecule has 1 aliphatic heterocycles. The van der Waals surface area contributed by atoms with E-state index in [1.807, 2.05) is 19.2 Å². The van der Waals surface area contributed by atoms with Gasteiger partial charge in [-0.2, -0.15) is 0 Å². The lowest BCUT2D eigenvalue weighted by Gasteiger charge is -2.36. The van der Waals surface area contributed by atoms with Crippen LogP contribution in [-0.2, 0) is 15.4 Å². The smallest absolute Gasteiger partial charge is 0.267 e. The monoisotopic (exact) mass is 280 g/mol. The van der Waals surface area contributed by atoms with Crippen LogP contribution in [0.5, 0.6) is 0 Å². The summed E-state index contributed by atoms with van der Waals surface area (Å²) in [6.45, 7) is 10.0. The van der Waals surface area contributed by atoms with Crippen LogP contribution in [-0.4, -0.2) is 26.8 Å². The fourth-order valence-corrected chi connectivity index (χ4v) is 3.54. The second-order valence-corrected chi connectivity index (χ2v) is 7.82. The molecular weight excluding hydrogens is 260 g/mol. The summed E-state index contributed by atoms with van der Waals surface area (Å²) in [7, 11) is -0.142. The molecule has 0 atom stereocenters. The Morgan fingerprint density at radius 3 is 2.26 bits per heavy atom. The van der Waals surface area contributed by atoms with Crippen molar-refractivity contribution >= 4 is 15.7 Å². The number of sulfonamides is 1. The van der Waals surface area contributed by atoms with Crippen molar-refractivity contribution in [2.75, 3.05) is 19.0 Å². The Hall–Kier alpha value is -1.49. The van der Waals surface area contributed by atoms with Crippen molar-refractivity contribution in [3.8, 4) is 0 Å². The lowest BCUT2D eigenvalue weighted by Crippen LogP contribution is -2.39. The summed E-state index contributed by atoms with van der Waals surface area (Å²) >= 11 is 0. The van der Waals surface area contributed by atoms with Gasteiger partial charge in [-0.25, -0.2) is 8.42 Å². The van der Waals surface area contributed by atoms with E-state index in [0.29, 0.717) is 16.4 Å². The largest absolute Gasteiger partial charge is 0.330 e. The molecule has 0 radical (unpaired) electrons. The normalized spacial score (nSPS) is 18.5. The Labute approximate surface area is 115 Å². The van der Waals surface area contributed by atoms with Crippen LogP contribution in [0.2, 0.25) is 0 Å². The van der Waals surface area contributed by atoms with E-state index in [9.17, 15) is 8.42 Å². The summed E-state index contributed by atoms with van der Waals surface area (Å²) in [6, 6.07) is 5.60. The molecule has 0 saturated carbocycles. The van der Waals surface area contributed by atoms with E-state index in [1.54, 1.807) is 11.0 Å². The maximum Gasteiger partial charge on any atom is 0.267 e. The molecule has 19 heavy (non-hydrogen) atoms. The molecule has 0 aliphatic carbocycles. The minimum Gasteiger partial charge on any atom is -0.330 e. The molecule has 0 spiro atoms. The zero-order chi connectivity index (χ0) is 14.6. The molecule has 0 amide bonds. The van der Waals surface area contributed by atoms with Crippen molar-refractivity contribution in [3.05, 3.63) is 36.2 Å². The van der Waals surface area contributed by atoms with Crippen molar-refractivity contribution in [1.29, 1.82) is 0 Å². The summed E-state index contributed by atoms with van der Waals surface area (Å²) in [6.07, 6.45) is 0. The van der Waals surface area contributed by atoms with Crippen LogP contribution < -0.4 is 4.90 Å². The average molecular weight is 280 g/mol. The third-order valence-electron chi connectivity index (χ3n) is 3.58. The van der Waals surface area contributed by atoms with Gasteiger partial charge >= 0.3 is 0 Å². The van der Waals surface area contributed by atoms with Gasteiger partial charge in [-0.05, 0) is 23.1 Å². The van der Waals surface area contributed by atoms with Crippen LogP contribution in [0.4, 0.5) is 5.69 Å². The molecule has 0 fully saturated rings. The molecule has 1 aromatic rings. The van der Waals surface area contributed by atoms with Crippen molar-refractivity contribution in [2.45, 2.75) is 31.1 Å². The Bertz CT molecular complexity index is 642. The first-order chi connectivity index (χ1) is 8.56. The van der Waals surface area contributed by atoms with Crippen LogP contribution in [0.3, 0.4) is 0 Å². The third-order valence-corrected chi connectivity index (χ3v) is 5.39. The van der Waals surface area contributed by atoms with Gasteiger partial charge in [0.15, 0.2) is 0 Å². The van der Waals surface area contributed by atoms with Gasteiger partial charge in [0.2, 0.25) is 0 Å². The number of anilines is 1. The third kappa shape index (κ3) is 2.02. The molecule has 4 nitrogen and oxygen atoms in total. The van der Waals surface area contributed by atoms with Crippen molar-refractivity contribution < 1.29 is 8.42 Å². The van der Waals surface area contributed by atoms with Crippen LogP contribution in [0.25, 0.3) is 0 Å². The summed E-state index contributed by atoms with van der Waals surface area (Å²) < 4.78 is 26.2. The first-order valence-electron chi connectivity index (χ1n) is 6.13. The van der Waals surface area contributed by atoms with E-state index in [4.69, 9.17) is 0 Å². The zero-order valence-electron chi connectivity index (χ0n) is 12.1. The molecule has 1 aliphatic rings. The van der Waals surface area contributed by atoms with E-state index >= 15 is 0 Å². The Balaban J connectivity index is 2.74. The highest BCUT2D eigenvalue weighted by molar-refractivity contribution is 7.89. The summed E-state index contributed by atoms with van der Waals surface area (Å²) in [5.74, 6) is 0.455. The summed E-state index contributed by atoms with van der Waals surface area (Å²) in [5.41, 5.74) is 1.59. The van der Waals surface area contributed by atoms with E-state index in [-0.39, 0.29) is 5.41 Å². The standard InChI is InChI=1S/C14H20N2O2S/c1-10-15(5)12-8-7-11(14(2,3)4)9-13(12)19(17,18)16(10)6/h7-9H,1H2,2-6H3. The zero-order valence-corrected chi connectivity index (χ0v) is 12.9. The number of fused-ring (bicyclic) bond motifs is 1. The highest BCUT2D eigenvalue weighted by atomic mass is 32.2. The maximum atomic E-state index is 12.5. The molecule has 0 saturated heterocycles. The Morgan fingerprint density at radius 2 is 1.74 bits per heavy atom. The number of hydrogen-bond acceptors (Lipinski definition) is 3. The Kier molecular flexibility index (Phi) is 2.93. The van der Waals surface area contributed by atoms with Gasteiger partial charge in [0, 0.05) is 14.1 Å². The molecule has 2 rings (SSSR count). The van der Waals surface area contributed by atoms with E-state index in [2.05, 4.69) is 27.4 Å². The molecular formula is C14H20N2O2S. The lowest BCUT2D eigenvalue weighted by molar-refractivity contribution is 0.508. The van der Waals surface area contributed by atoms with Gasteiger partial charge in [-0.15, -0.1) is 0 Å². The van der Waals surface area contributed by atoms with Crippen molar-refractivity contribution in [1.82, 2.24) is 4.31 Å². The van der Waals surface area contributed by atoms with Gasteiger partial charge < -0.3 is 4.90 Å². The first-order valence-corrected chi connectivity index (χ1v) is 7.57. The van der Waals surface area contributed by atoms with Crippen LogP contribution in [0, 0.1) is 0 Å². The highest BCUT2D eigenvalue weighted by Gasteiger charge is 2.34. The summed E-state index contributed by atoms with van der Waals surface area (Å²) in [5, 5.41) is 0. The lowest BCUT2D eigenvalue weighted by atomic mass is 9.87. The second-order valence-electron chi connectivity index (χ2n) is 5.88. The Morgan fingerprint density at radius 1 is 1.16 bits per heavy atom. The molecule has 104 valence electrons. The SMILES string of the molecule is C=C1N(C)c2ccc(C(C)(C)C)cc2S(=O)(=O)N1C. The average Bonchev–Trinajstić information content (AvgIpc) is 2.32. The van der Waals surface area contributed by atoms with E-state index < -0.39 is 10.0 Å². The van der Waals surface area contributed by atoms with E-state index in [1.165, 1.54) is 11.4 Å². The molecule has 5 heteroatoms. The number of hydrogen-bond donors (Lipinski definition) is 0. The summed E-state index contributed by atoms with van der Waals surface area (Å²) in [4.78, 5) is 2.14. The van der Waals surface area contributed by atoms with Crippen LogP contribution >= 0.6 is 0 Å². The molecule has 1 aromatic carbocycles. The second kappa shape index (κ2) is 4.00. The molecule has 0 unspecified atom stereocenters. The predicted octanol–water partition coefficient (Wildman–Crippen LogP) is 2.53. The molecule has 0 aromatic heterocycles. The van der Waals surface area contributed by atoms with Gasteiger partial charge in [0.05, 0.1) is 5.69 Å². The minimum atomic E-state index is -3.49. The first kappa shape index (κ1) is 13.9. The van der Waals surface area contributed by atoms with Gasteiger partial charge in [0.1, 0.15) is 10.7 Å².